The molecule has 0 saturated carbocycles. The van der Waals surface area contributed by atoms with Gasteiger partial charge in [-0.15, -0.1) is 0 Å². The number of aromatic nitrogens is 1. The minimum Gasteiger partial charge on any atom is -0.353 e. The summed E-state index contributed by atoms with van der Waals surface area (Å²) in [5, 5.41) is 0. The van der Waals surface area contributed by atoms with E-state index in [0.29, 0.717) is 13.1 Å². The van der Waals surface area contributed by atoms with Crippen LogP contribution in [0.5, 0.6) is 0 Å². The van der Waals surface area contributed by atoms with Gasteiger partial charge in [0.2, 0.25) is 10.0 Å². The van der Waals surface area contributed by atoms with Crippen LogP contribution in [-0.4, -0.2) is 49.1 Å². The van der Waals surface area contributed by atoms with E-state index in [4.69, 9.17) is 0 Å². The average Bonchev–Trinajstić information content (AvgIpc) is 2.39. The van der Waals surface area contributed by atoms with Gasteiger partial charge < -0.3 is 4.90 Å². The molecule has 0 aliphatic carbocycles. The van der Waals surface area contributed by atoms with Crippen LogP contribution < -0.4 is 4.90 Å². The molecule has 0 aromatic carbocycles. The summed E-state index contributed by atoms with van der Waals surface area (Å²) in [6.07, 6.45) is 3.12. The largest absolute Gasteiger partial charge is 0.353 e. The molecule has 1 aliphatic heterocycles. The number of pyridine rings is 1. The molecule has 0 spiro atoms. The fourth-order valence-corrected chi connectivity index (χ4v) is 4.24. The van der Waals surface area contributed by atoms with Gasteiger partial charge in [-0.1, -0.05) is 19.9 Å². The van der Waals surface area contributed by atoms with Gasteiger partial charge in [0.25, 0.3) is 0 Å². The molecule has 2 atom stereocenters. The number of nitrogens with zero attached hydrogens (tertiary/aromatic N) is 3. The van der Waals surface area contributed by atoms with Gasteiger partial charge in [-0.2, -0.15) is 4.31 Å². The summed E-state index contributed by atoms with van der Waals surface area (Å²) in [7, 11) is -3.15. The Balaban J connectivity index is 0.00000106. The van der Waals surface area contributed by atoms with Crippen LogP contribution in [0.25, 0.3) is 0 Å². The summed E-state index contributed by atoms with van der Waals surface area (Å²) < 4.78 is 25.2. The van der Waals surface area contributed by atoms with E-state index in [-0.39, 0.29) is 12.1 Å². The summed E-state index contributed by atoms with van der Waals surface area (Å²) in [6, 6.07) is 3.94. The van der Waals surface area contributed by atoms with Crippen molar-refractivity contribution in [3.63, 3.8) is 0 Å². The van der Waals surface area contributed by atoms with Crippen molar-refractivity contribution in [2.24, 2.45) is 0 Å². The molecule has 1 aliphatic rings. The van der Waals surface area contributed by atoms with Crippen LogP contribution in [0.3, 0.4) is 0 Å². The highest BCUT2D eigenvalue weighted by Gasteiger charge is 2.35. The van der Waals surface area contributed by atoms with Crippen LogP contribution in [-0.2, 0) is 10.0 Å². The number of sulfonamides is 1. The fourth-order valence-electron chi connectivity index (χ4n) is 2.80. The van der Waals surface area contributed by atoms with Crippen molar-refractivity contribution in [3.8, 4) is 0 Å². The molecule has 2 rings (SSSR count). The van der Waals surface area contributed by atoms with E-state index < -0.39 is 10.0 Å². The molecule has 0 bridgehead atoms. The molecule has 1 saturated heterocycles. The van der Waals surface area contributed by atoms with E-state index >= 15 is 0 Å². The third-order valence-electron chi connectivity index (χ3n) is 3.44. The molecule has 1 aromatic heterocycles. The first-order valence-corrected chi connectivity index (χ1v) is 9.30. The minimum atomic E-state index is -3.15. The SMILES string of the molecule is CC.Cc1ccc(N2C[C@@H](C)N(S(C)(=O)=O)[C@@H](C)C2)nc1. The van der Waals surface area contributed by atoms with Crippen molar-refractivity contribution in [2.75, 3.05) is 24.2 Å². The zero-order chi connectivity index (χ0) is 16.2. The molecule has 120 valence electrons. The lowest BCUT2D eigenvalue weighted by molar-refractivity contribution is 0.242. The maximum Gasteiger partial charge on any atom is 0.211 e. The second kappa shape index (κ2) is 7.22. The van der Waals surface area contributed by atoms with Crippen molar-refractivity contribution in [1.29, 1.82) is 0 Å². The van der Waals surface area contributed by atoms with Crippen LogP contribution in [0.4, 0.5) is 5.82 Å². The highest BCUT2D eigenvalue weighted by Crippen LogP contribution is 2.22. The standard InChI is InChI=1S/C13H21N3O2S.C2H6/c1-10-5-6-13(14-7-10)15-8-11(2)16(12(3)9-15)19(4,17)18;1-2/h5-7,11-12H,8-9H2,1-4H3;1-2H3/t11-,12+;. The molecular weight excluding hydrogens is 286 g/mol. The summed E-state index contributed by atoms with van der Waals surface area (Å²) in [5.41, 5.74) is 1.12. The Morgan fingerprint density at radius 2 is 1.67 bits per heavy atom. The Bertz CT molecular complexity index is 531. The number of hydrogen-bond donors (Lipinski definition) is 0. The van der Waals surface area contributed by atoms with Gasteiger partial charge in [0.1, 0.15) is 5.82 Å². The van der Waals surface area contributed by atoms with Gasteiger partial charge in [0.05, 0.1) is 6.26 Å². The second-order valence-corrected chi connectivity index (χ2v) is 7.28. The summed E-state index contributed by atoms with van der Waals surface area (Å²) in [6.45, 7) is 11.2. The van der Waals surface area contributed by atoms with E-state index in [1.807, 2.05) is 52.9 Å². The number of piperazine rings is 1. The molecule has 1 fully saturated rings. The monoisotopic (exact) mass is 313 g/mol. The maximum absolute atomic E-state index is 11.8. The van der Waals surface area contributed by atoms with Crippen LogP contribution in [0, 0.1) is 6.92 Å². The van der Waals surface area contributed by atoms with E-state index in [1.54, 1.807) is 4.31 Å². The zero-order valence-corrected chi connectivity index (χ0v) is 14.7. The molecular formula is C15H27N3O2S. The molecule has 0 amide bonds. The molecule has 0 radical (unpaired) electrons. The van der Waals surface area contributed by atoms with E-state index in [1.165, 1.54) is 6.26 Å². The summed E-state index contributed by atoms with van der Waals surface area (Å²) in [4.78, 5) is 6.57. The van der Waals surface area contributed by atoms with Crippen molar-refractivity contribution >= 4 is 15.8 Å². The number of anilines is 1. The lowest BCUT2D eigenvalue weighted by Gasteiger charge is -2.43. The van der Waals surface area contributed by atoms with Crippen molar-refractivity contribution in [1.82, 2.24) is 9.29 Å². The summed E-state index contributed by atoms with van der Waals surface area (Å²) >= 11 is 0. The fraction of sp³-hybridized carbons (Fsp3) is 0.667. The Morgan fingerprint density at radius 3 is 2.05 bits per heavy atom. The topological polar surface area (TPSA) is 53.5 Å². The van der Waals surface area contributed by atoms with E-state index in [2.05, 4.69) is 9.88 Å². The van der Waals surface area contributed by atoms with Gasteiger partial charge in [-0.3, -0.25) is 0 Å². The van der Waals surface area contributed by atoms with Crippen LogP contribution in [0.15, 0.2) is 18.3 Å². The van der Waals surface area contributed by atoms with Crippen LogP contribution in [0.1, 0.15) is 33.3 Å². The first-order chi connectivity index (χ1) is 9.79. The predicted octanol–water partition coefficient (Wildman–Crippen LogP) is 2.27. The van der Waals surface area contributed by atoms with Crippen molar-refractivity contribution in [3.05, 3.63) is 23.9 Å². The molecule has 2 heterocycles. The first kappa shape index (κ1) is 17.9. The van der Waals surface area contributed by atoms with Gasteiger partial charge in [0.15, 0.2) is 0 Å². The second-order valence-electron chi connectivity index (χ2n) is 5.39. The van der Waals surface area contributed by atoms with E-state index in [0.717, 1.165) is 11.4 Å². The Morgan fingerprint density at radius 1 is 1.14 bits per heavy atom. The highest BCUT2D eigenvalue weighted by molar-refractivity contribution is 7.88. The van der Waals surface area contributed by atoms with Gasteiger partial charge in [-0.05, 0) is 32.4 Å². The highest BCUT2D eigenvalue weighted by atomic mass is 32.2. The molecule has 1 aromatic rings. The quantitative estimate of drug-likeness (QED) is 0.840. The third kappa shape index (κ3) is 4.41. The predicted molar refractivity (Wildman–Crippen MR) is 88.1 cm³/mol. The molecule has 0 N–H and O–H groups in total. The molecule has 21 heavy (non-hydrogen) atoms. The number of aryl methyl sites for hydroxylation is 1. The number of rotatable bonds is 2. The van der Waals surface area contributed by atoms with E-state index in [9.17, 15) is 8.42 Å². The third-order valence-corrected chi connectivity index (χ3v) is 4.93. The molecule has 6 heteroatoms. The Hall–Kier alpha value is -1.14. The zero-order valence-electron chi connectivity index (χ0n) is 13.9. The smallest absolute Gasteiger partial charge is 0.211 e. The van der Waals surface area contributed by atoms with Crippen molar-refractivity contribution < 1.29 is 8.42 Å². The Labute approximate surface area is 129 Å². The average molecular weight is 313 g/mol. The Kier molecular flexibility index (Phi) is 6.16. The lowest BCUT2D eigenvalue weighted by Crippen LogP contribution is -2.58. The van der Waals surface area contributed by atoms with Gasteiger partial charge in [-0.25, -0.2) is 13.4 Å². The number of hydrogen-bond acceptors (Lipinski definition) is 4. The molecule has 5 nitrogen and oxygen atoms in total. The minimum absolute atomic E-state index is 0.0400. The summed E-state index contributed by atoms with van der Waals surface area (Å²) in [5.74, 6) is 0.914. The van der Waals surface area contributed by atoms with Crippen molar-refractivity contribution in [2.45, 2.75) is 46.7 Å². The van der Waals surface area contributed by atoms with Crippen LogP contribution >= 0.6 is 0 Å². The first-order valence-electron chi connectivity index (χ1n) is 7.45. The van der Waals surface area contributed by atoms with Gasteiger partial charge in [0, 0.05) is 31.4 Å². The molecule has 0 unspecified atom stereocenters. The van der Waals surface area contributed by atoms with Gasteiger partial charge >= 0.3 is 0 Å². The maximum atomic E-state index is 11.8. The van der Waals surface area contributed by atoms with Crippen LogP contribution in [0.2, 0.25) is 0 Å². The normalized spacial score (nSPS) is 23.4. The lowest BCUT2D eigenvalue weighted by atomic mass is 10.1.